The maximum atomic E-state index is 12.8. The number of carbonyl (C=O) groups excluding carboxylic acids is 1. The second kappa shape index (κ2) is 5.48. The Labute approximate surface area is 106 Å². The number of carbonyl (C=O) groups is 1. The molecular formula is C14H18FNO2. The molecule has 98 valence electrons. The average molecular weight is 251 g/mol. The molecule has 1 aliphatic heterocycles. The fraction of sp³-hybridized carbons (Fsp3) is 0.500. The molecule has 0 unspecified atom stereocenters. The average Bonchev–Trinajstić information content (AvgIpc) is 2.91. The van der Waals surface area contributed by atoms with E-state index >= 15 is 0 Å². The molecule has 1 fully saturated rings. The van der Waals surface area contributed by atoms with Crippen LogP contribution < -0.4 is 0 Å². The van der Waals surface area contributed by atoms with Gasteiger partial charge in [-0.3, -0.25) is 4.79 Å². The quantitative estimate of drug-likeness (QED) is 0.894. The molecule has 18 heavy (non-hydrogen) atoms. The number of hydrogen-bond acceptors (Lipinski definition) is 2. The van der Waals surface area contributed by atoms with Crippen molar-refractivity contribution in [2.45, 2.75) is 25.9 Å². The Balaban J connectivity index is 2.05. The summed E-state index contributed by atoms with van der Waals surface area (Å²) in [6.45, 7) is 3.27. The fourth-order valence-corrected chi connectivity index (χ4v) is 2.31. The van der Waals surface area contributed by atoms with Crippen molar-refractivity contribution in [2.24, 2.45) is 5.92 Å². The van der Waals surface area contributed by atoms with E-state index in [4.69, 9.17) is 0 Å². The number of rotatable bonds is 3. The summed E-state index contributed by atoms with van der Waals surface area (Å²) >= 11 is 0. The monoisotopic (exact) mass is 251 g/mol. The van der Waals surface area contributed by atoms with Gasteiger partial charge in [-0.1, -0.05) is 19.1 Å². The van der Waals surface area contributed by atoms with Gasteiger partial charge in [0.1, 0.15) is 5.82 Å². The molecule has 1 aromatic rings. The van der Waals surface area contributed by atoms with E-state index in [0.29, 0.717) is 5.56 Å². The number of hydrogen-bond donors (Lipinski definition) is 1. The minimum absolute atomic E-state index is 0.0238. The third-order valence-electron chi connectivity index (χ3n) is 3.49. The van der Waals surface area contributed by atoms with Crippen LogP contribution in [0, 0.1) is 11.7 Å². The van der Waals surface area contributed by atoms with Crippen LogP contribution in [-0.2, 0) is 4.79 Å². The summed E-state index contributed by atoms with van der Waals surface area (Å²) in [5.41, 5.74) is 0.580. The Kier molecular flexibility index (Phi) is 3.97. The number of amides is 1. The largest absolute Gasteiger partial charge is 0.388 e. The highest BCUT2D eigenvalue weighted by Crippen LogP contribution is 2.25. The van der Waals surface area contributed by atoms with Gasteiger partial charge in [-0.2, -0.15) is 0 Å². The zero-order valence-corrected chi connectivity index (χ0v) is 10.5. The molecule has 4 heteroatoms. The van der Waals surface area contributed by atoms with Crippen LogP contribution in [0.25, 0.3) is 0 Å². The van der Waals surface area contributed by atoms with Crippen molar-refractivity contribution in [3.63, 3.8) is 0 Å². The van der Waals surface area contributed by atoms with E-state index in [1.165, 1.54) is 24.3 Å². The smallest absolute Gasteiger partial charge is 0.228 e. The van der Waals surface area contributed by atoms with E-state index in [9.17, 15) is 14.3 Å². The molecule has 0 spiro atoms. The topological polar surface area (TPSA) is 40.5 Å². The lowest BCUT2D eigenvalue weighted by Crippen LogP contribution is -2.35. The summed E-state index contributed by atoms with van der Waals surface area (Å²) in [6, 6.07) is 5.64. The SMILES string of the molecule is C[C@@H](C(=O)N1CCCC1)[C@@H](O)c1ccc(F)cc1. The highest BCUT2D eigenvalue weighted by Gasteiger charge is 2.29. The third-order valence-corrected chi connectivity index (χ3v) is 3.49. The summed E-state index contributed by atoms with van der Waals surface area (Å²) in [4.78, 5) is 13.9. The normalized spacial score (nSPS) is 18.7. The van der Waals surface area contributed by atoms with Gasteiger partial charge < -0.3 is 10.0 Å². The molecule has 0 bridgehead atoms. The molecule has 2 atom stereocenters. The van der Waals surface area contributed by atoms with E-state index in [-0.39, 0.29) is 11.7 Å². The van der Waals surface area contributed by atoms with Crippen LogP contribution in [0.2, 0.25) is 0 Å². The number of benzene rings is 1. The van der Waals surface area contributed by atoms with Crippen LogP contribution in [0.3, 0.4) is 0 Å². The van der Waals surface area contributed by atoms with Crippen molar-refractivity contribution < 1.29 is 14.3 Å². The van der Waals surface area contributed by atoms with Crippen molar-refractivity contribution in [1.29, 1.82) is 0 Å². The van der Waals surface area contributed by atoms with Crippen molar-refractivity contribution in [3.05, 3.63) is 35.6 Å². The first-order chi connectivity index (χ1) is 8.59. The molecule has 1 aliphatic rings. The number of aliphatic hydroxyl groups excluding tert-OH is 1. The van der Waals surface area contributed by atoms with E-state index in [1.54, 1.807) is 11.8 Å². The lowest BCUT2D eigenvalue weighted by atomic mass is 9.96. The van der Waals surface area contributed by atoms with Gasteiger partial charge in [0.2, 0.25) is 5.91 Å². The van der Waals surface area contributed by atoms with Gasteiger partial charge in [-0.05, 0) is 30.5 Å². The third kappa shape index (κ3) is 2.70. The number of halogens is 1. The lowest BCUT2D eigenvalue weighted by Gasteiger charge is -2.24. The fourth-order valence-electron chi connectivity index (χ4n) is 2.31. The van der Waals surface area contributed by atoms with Crippen molar-refractivity contribution >= 4 is 5.91 Å². The van der Waals surface area contributed by atoms with Gasteiger partial charge in [-0.25, -0.2) is 4.39 Å². The summed E-state index contributed by atoms with van der Waals surface area (Å²) in [7, 11) is 0. The van der Waals surface area contributed by atoms with E-state index in [1.807, 2.05) is 0 Å². The molecule has 1 aromatic carbocycles. The van der Waals surface area contributed by atoms with E-state index < -0.39 is 12.0 Å². The Bertz CT molecular complexity index is 412. The van der Waals surface area contributed by atoms with Gasteiger partial charge in [-0.15, -0.1) is 0 Å². The molecule has 0 saturated carbocycles. The van der Waals surface area contributed by atoms with E-state index in [2.05, 4.69) is 0 Å². The molecule has 1 N–H and O–H groups in total. The van der Waals surface area contributed by atoms with Crippen molar-refractivity contribution in [2.75, 3.05) is 13.1 Å². The summed E-state index contributed by atoms with van der Waals surface area (Å²) in [6.07, 6.45) is 1.19. The summed E-state index contributed by atoms with van der Waals surface area (Å²) < 4.78 is 12.8. The lowest BCUT2D eigenvalue weighted by molar-refractivity contribution is -0.137. The van der Waals surface area contributed by atoms with Crippen LogP contribution >= 0.6 is 0 Å². The van der Waals surface area contributed by atoms with Crippen molar-refractivity contribution in [1.82, 2.24) is 4.90 Å². The molecule has 1 heterocycles. The zero-order chi connectivity index (χ0) is 13.1. The zero-order valence-electron chi connectivity index (χ0n) is 10.5. The summed E-state index contributed by atoms with van der Waals surface area (Å²) in [5.74, 6) is -0.859. The molecule has 1 saturated heterocycles. The summed E-state index contributed by atoms with van der Waals surface area (Å²) in [5, 5.41) is 10.1. The Morgan fingerprint density at radius 1 is 1.28 bits per heavy atom. The minimum Gasteiger partial charge on any atom is -0.388 e. The van der Waals surface area contributed by atoms with Gasteiger partial charge >= 0.3 is 0 Å². The first-order valence-corrected chi connectivity index (χ1v) is 6.32. The molecule has 2 rings (SSSR count). The Morgan fingerprint density at radius 3 is 2.39 bits per heavy atom. The first-order valence-electron chi connectivity index (χ1n) is 6.32. The van der Waals surface area contributed by atoms with Gasteiger partial charge in [0.15, 0.2) is 0 Å². The van der Waals surface area contributed by atoms with Crippen LogP contribution in [0.4, 0.5) is 4.39 Å². The first kappa shape index (κ1) is 13.0. The highest BCUT2D eigenvalue weighted by atomic mass is 19.1. The van der Waals surface area contributed by atoms with Crippen molar-refractivity contribution in [3.8, 4) is 0 Å². The molecule has 0 aliphatic carbocycles. The Morgan fingerprint density at radius 2 is 1.83 bits per heavy atom. The van der Waals surface area contributed by atoms with Gasteiger partial charge in [0.05, 0.1) is 12.0 Å². The Hall–Kier alpha value is -1.42. The van der Waals surface area contributed by atoms with E-state index in [0.717, 1.165) is 25.9 Å². The number of aliphatic hydroxyl groups is 1. The predicted octanol–water partition coefficient (Wildman–Crippen LogP) is 2.12. The molecule has 1 amide bonds. The second-order valence-corrected chi connectivity index (χ2v) is 4.82. The highest BCUT2D eigenvalue weighted by molar-refractivity contribution is 5.79. The maximum Gasteiger partial charge on any atom is 0.228 e. The second-order valence-electron chi connectivity index (χ2n) is 4.82. The number of nitrogens with zero attached hydrogens (tertiary/aromatic N) is 1. The molecular weight excluding hydrogens is 233 g/mol. The maximum absolute atomic E-state index is 12.8. The van der Waals surface area contributed by atoms with Crippen LogP contribution in [0.5, 0.6) is 0 Å². The van der Waals surface area contributed by atoms with Crippen LogP contribution in [0.1, 0.15) is 31.4 Å². The molecule has 0 aromatic heterocycles. The van der Waals surface area contributed by atoms with Gasteiger partial charge in [0, 0.05) is 13.1 Å². The van der Waals surface area contributed by atoms with Gasteiger partial charge in [0.25, 0.3) is 0 Å². The molecule has 0 radical (unpaired) electrons. The standard InChI is InChI=1S/C14H18FNO2/c1-10(14(18)16-8-2-3-9-16)13(17)11-4-6-12(15)7-5-11/h4-7,10,13,17H,2-3,8-9H2,1H3/t10-,13-/m1/s1. The van der Waals surface area contributed by atoms with Crippen LogP contribution in [0.15, 0.2) is 24.3 Å². The minimum atomic E-state index is -0.876. The molecule has 3 nitrogen and oxygen atoms in total. The van der Waals surface area contributed by atoms with Crippen LogP contribution in [-0.4, -0.2) is 29.0 Å². The predicted molar refractivity (Wildman–Crippen MR) is 66.3 cm³/mol. The number of likely N-dealkylation sites (tertiary alicyclic amines) is 1.